The summed E-state index contributed by atoms with van der Waals surface area (Å²) in [5, 5.41) is 9.48. The van der Waals surface area contributed by atoms with Crippen LogP contribution in [0.4, 0.5) is 0 Å². The van der Waals surface area contributed by atoms with E-state index >= 15 is 0 Å². The Kier molecular flexibility index (Phi) is 4.03. The number of likely N-dealkylation sites (tertiary alicyclic amines) is 1. The molecule has 3 heterocycles. The molecular formula is C16H18N2O2S. The van der Waals surface area contributed by atoms with Crippen molar-refractivity contribution in [1.82, 2.24) is 9.88 Å². The fourth-order valence-electron chi connectivity index (χ4n) is 3.02. The summed E-state index contributed by atoms with van der Waals surface area (Å²) in [6.45, 7) is 2.89. The number of rotatable bonds is 4. The van der Waals surface area contributed by atoms with Crippen molar-refractivity contribution in [1.29, 1.82) is 0 Å². The number of aromatic nitrogens is 1. The second-order valence-electron chi connectivity index (χ2n) is 5.37. The third-order valence-electron chi connectivity index (χ3n) is 3.94. The van der Waals surface area contributed by atoms with Crippen LogP contribution < -0.4 is 0 Å². The van der Waals surface area contributed by atoms with Crippen molar-refractivity contribution in [2.45, 2.75) is 31.8 Å². The molecule has 1 N–H and O–H groups in total. The minimum Gasteiger partial charge on any atom is -0.480 e. The highest BCUT2D eigenvalue weighted by molar-refractivity contribution is 7.12. The van der Waals surface area contributed by atoms with Crippen molar-refractivity contribution in [3.8, 4) is 0 Å². The zero-order chi connectivity index (χ0) is 14.8. The Balaban J connectivity index is 2.02. The maximum Gasteiger partial charge on any atom is 0.320 e. The van der Waals surface area contributed by atoms with Crippen molar-refractivity contribution in [3.63, 3.8) is 0 Å². The molecule has 110 valence electrons. The summed E-state index contributed by atoms with van der Waals surface area (Å²) in [6.07, 6.45) is 5.24. The molecule has 0 saturated carbocycles. The Hall–Kier alpha value is -1.72. The van der Waals surface area contributed by atoms with Crippen LogP contribution in [0.3, 0.4) is 0 Å². The van der Waals surface area contributed by atoms with E-state index in [0.29, 0.717) is 0 Å². The van der Waals surface area contributed by atoms with Crippen LogP contribution in [-0.4, -0.2) is 33.5 Å². The second kappa shape index (κ2) is 5.95. The molecule has 4 nitrogen and oxygen atoms in total. The average Bonchev–Trinajstić information content (AvgIpc) is 3.10. The number of aliphatic carboxylic acids is 1. The Morgan fingerprint density at radius 1 is 1.48 bits per heavy atom. The first kappa shape index (κ1) is 14.2. The Bertz CT molecular complexity index is 626. The number of carbonyl (C=O) groups is 1. The van der Waals surface area contributed by atoms with Gasteiger partial charge in [0, 0.05) is 28.7 Å². The topological polar surface area (TPSA) is 53.4 Å². The van der Waals surface area contributed by atoms with Crippen molar-refractivity contribution < 1.29 is 9.90 Å². The van der Waals surface area contributed by atoms with Crippen LogP contribution in [0, 0.1) is 6.92 Å². The van der Waals surface area contributed by atoms with Gasteiger partial charge in [-0.25, -0.2) is 0 Å². The minimum absolute atomic E-state index is 0.0130. The monoisotopic (exact) mass is 302 g/mol. The number of carboxylic acids is 1. The predicted octanol–water partition coefficient (Wildman–Crippen LogP) is 3.09. The van der Waals surface area contributed by atoms with Gasteiger partial charge in [-0.05, 0) is 43.5 Å². The molecule has 1 saturated heterocycles. The van der Waals surface area contributed by atoms with Crippen molar-refractivity contribution in [3.05, 3.63) is 52.0 Å². The van der Waals surface area contributed by atoms with Crippen molar-refractivity contribution >= 4 is 17.3 Å². The fourth-order valence-corrected chi connectivity index (χ4v) is 4.05. The molecule has 0 aliphatic carbocycles. The summed E-state index contributed by atoms with van der Waals surface area (Å²) >= 11 is 1.73. The molecule has 2 atom stereocenters. The summed E-state index contributed by atoms with van der Waals surface area (Å²) in [5.41, 5.74) is 1.06. The lowest BCUT2D eigenvalue weighted by Gasteiger charge is -2.30. The van der Waals surface area contributed by atoms with E-state index in [4.69, 9.17) is 0 Å². The van der Waals surface area contributed by atoms with Crippen LogP contribution in [0.25, 0.3) is 0 Å². The van der Waals surface area contributed by atoms with E-state index in [1.807, 2.05) is 18.3 Å². The van der Waals surface area contributed by atoms with Gasteiger partial charge in [0.1, 0.15) is 6.04 Å². The van der Waals surface area contributed by atoms with Gasteiger partial charge < -0.3 is 5.11 Å². The fraction of sp³-hybridized carbons (Fsp3) is 0.375. The molecule has 0 radical (unpaired) electrons. The minimum atomic E-state index is -0.727. The molecule has 0 spiro atoms. The van der Waals surface area contributed by atoms with Gasteiger partial charge in [-0.15, -0.1) is 11.3 Å². The number of pyridine rings is 1. The lowest BCUT2D eigenvalue weighted by molar-refractivity contribution is -0.142. The van der Waals surface area contributed by atoms with Crippen molar-refractivity contribution in [2.75, 3.05) is 6.54 Å². The molecule has 0 bridgehead atoms. The van der Waals surface area contributed by atoms with Crippen LogP contribution in [-0.2, 0) is 4.79 Å². The molecule has 5 heteroatoms. The molecule has 2 unspecified atom stereocenters. The van der Waals surface area contributed by atoms with E-state index in [1.54, 1.807) is 17.5 Å². The normalized spacial score (nSPS) is 20.5. The maximum atomic E-state index is 11.5. The highest BCUT2D eigenvalue weighted by Crippen LogP contribution is 2.37. The predicted molar refractivity (Wildman–Crippen MR) is 82.5 cm³/mol. The highest BCUT2D eigenvalue weighted by atomic mass is 32.1. The zero-order valence-electron chi connectivity index (χ0n) is 11.9. The Labute approximate surface area is 128 Å². The van der Waals surface area contributed by atoms with Crippen molar-refractivity contribution in [2.24, 2.45) is 0 Å². The molecule has 2 aromatic rings. The summed E-state index contributed by atoms with van der Waals surface area (Å²) in [6, 6.07) is 7.72. The largest absolute Gasteiger partial charge is 0.480 e. The molecule has 3 rings (SSSR count). The van der Waals surface area contributed by atoms with E-state index in [-0.39, 0.29) is 6.04 Å². The summed E-state index contributed by atoms with van der Waals surface area (Å²) in [4.78, 5) is 20.3. The number of thiophene rings is 1. The number of hydrogen-bond acceptors (Lipinski definition) is 4. The lowest BCUT2D eigenvalue weighted by atomic mass is 10.0. The van der Waals surface area contributed by atoms with Gasteiger partial charge in [-0.2, -0.15) is 0 Å². The van der Waals surface area contributed by atoms with E-state index < -0.39 is 12.0 Å². The van der Waals surface area contributed by atoms with Gasteiger partial charge in [-0.1, -0.05) is 6.07 Å². The second-order valence-corrected chi connectivity index (χ2v) is 6.69. The SMILES string of the molecule is Cc1ccc(C(c2cccnc2)N2CCCC2C(=O)O)s1. The number of carboxylic acid groups (broad SMARTS) is 1. The average molecular weight is 302 g/mol. The zero-order valence-corrected chi connectivity index (χ0v) is 12.7. The standard InChI is InChI=1S/C16H18N2O2S/c1-11-6-7-14(21-11)15(12-4-2-8-17-10-12)18-9-3-5-13(18)16(19)20/h2,4,6-8,10,13,15H,3,5,9H2,1H3,(H,19,20). The molecule has 1 fully saturated rings. The molecule has 1 aliphatic heterocycles. The van der Waals surface area contributed by atoms with E-state index in [9.17, 15) is 9.90 Å². The first-order chi connectivity index (χ1) is 10.2. The third-order valence-corrected chi connectivity index (χ3v) is 4.99. The molecular weight excluding hydrogens is 284 g/mol. The van der Waals surface area contributed by atoms with E-state index in [2.05, 4.69) is 28.9 Å². The van der Waals surface area contributed by atoms with Crippen LogP contribution in [0.1, 0.15) is 34.2 Å². The van der Waals surface area contributed by atoms with Crippen LogP contribution in [0.2, 0.25) is 0 Å². The van der Waals surface area contributed by atoms with Gasteiger partial charge in [0.15, 0.2) is 0 Å². The van der Waals surface area contributed by atoms with Crippen LogP contribution >= 0.6 is 11.3 Å². The number of nitrogens with zero attached hydrogens (tertiary/aromatic N) is 2. The third kappa shape index (κ3) is 2.84. The quantitative estimate of drug-likeness (QED) is 0.943. The van der Waals surface area contributed by atoms with Gasteiger partial charge in [-0.3, -0.25) is 14.7 Å². The summed E-state index contributed by atoms with van der Waals surface area (Å²) in [5.74, 6) is -0.727. The molecule has 2 aromatic heterocycles. The number of hydrogen-bond donors (Lipinski definition) is 1. The van der Waals surface area contributed by atoms with Gasteiger partial charge in [0.2, 0.25) is 0 Å². The molecule has 1 aliphatic rings. The maximum absolute atomic E-state index is 11.5. The first-order valence-corrected chi connectivity index (χ1v) is 7.93. The molecule has 0 aromatic carbocycles. The molecule has 0 amide bonds. The van der Waals surface area contributed by atoms with Gasteiger partial charge in [0.25, 0.3) is 0 Å². The first-order valence-electron chi connectivity index (χ1n) is 7.11. The summed E-state index contributed by atoms with van der Waals surface area (Å²) in [7, 11) is 0. The Morgan fingerprint density at radius 2 is 2.33 bits per heavy atom. The Morgan fingerprint density at radius 3 is 2.95 bits per heavy atom. The number of aryl methyl sites for hydroxylation is 1. The lowest BCUT2D eigenvalue weighted by Crippen LogP contribution is -2.39. The van der Waals surface area contributed by atoms with E-state index in [1.165, 1.54) is 9.75 Å². The highest BCUT2D eigenvalue weighted by Gasteiger charge is 2.37. The summed E-state index contributed by atoms with van der Waals surface area (Å²) < 4.78 is 0. The molecule has 21 heavy (non-hydrogen) atoms. The van der Waals surface area contributed by atoms with E-state index in [0.717, 1.165) is 24.9 Å². The van der Waals surface area contributed by atoms with Crippen LogP contribution in [0.5, 0.6) is 0 Å². The smallest absolute Gasteiger partial charge is 0.320 e. The van der Waals surface area contributed by atoms with Gasteiger partial charge in [0.05, 0.1) is 6.04 Å². The van der Waals surface area contributed by atoms with Crippen LogP contribution in [0.15, 0.2) is 36.7 Å². The van der Waals surface area contributed by atoms with Gasteiger partial charge >= 0.3 is 5.97 Å².